The van der Waals surface area contributed by atoms with Crippen LogP contribution in [-0.4, -0.2) is 24.6 Å². The van der Waals surface area contributed by atoms with Gasteiger partial charge < -0.3 is 10.4 Å². The average Bonchev–Trinajstić information content (AvgIpc) is 3.03. The summed E-state index contributed by atoms with van der Waals surface area (Å²) in [6.45, 7) is 1.13. The molecule has 2 aromatic carbocycles. The number of anilines is 2. The van der Waals surface area contributed by atoms with Crippen LogP contribution in [0.4, 0.5) is 24.7 Å². The second kappa shape index (κ2) is 7.17. The summed E-state index contributed by atoms with van der Waals surface area (Å²) in [7, 11) is 0. The van der Waals surface area contributed by atoms with E-state index in [1.807, 2.05) is 35.8 Å². The first-order valence-electron chi connectivity index (χ1n) is 8.71. The maximum Gasteiger partial charge on any atom is 0.416 e. The first kappa shape index (κ1) is 18.9. The lowest BCUT2D eigenvalue weighted by atomic mass is 10.1. The molecule has 0 radical (unpaired) electrons. The van der Waals surface area contributed by atoms with Gasteiger partial charge in [-0.3, -0.25) is 9.55 Å². The van der Waals surface area contributed by atoms with Crippen molar-refractivity contribution in [1.82, 2.24) is 19.5 Å². The molecule has 0 bridgehead atoms. The van der Waals surface area contributed by atoms with Gasteiger partial charge in [0.2, 0.25) is 0 Å². The summed E-state index contributed by atoms with van der Waals surface area (Å²) in [4.78, 5) is 13.2. The van der Waals surface area contributed by atoms with E-state index in [-0.39, 0.29) is 5.56 Å². The molecule has 2 aromatic heterocycles. The van der Waals surface area contributed by atoms with Gasteiger partial charge in [0, 0.05) is 5.69 Å². The number of fused-ring (bicyclic) bond motifs is 1. The van der Waals surface area contributed by atoms with Crippen LogP contribution in [0.3, 0.4) is 0 Å². The van der Waals surface area contributed by atoms with Crippen LogP contribution < -0.4 is 5.32 Å². The summed E-state index contributed by atoms with van der Waals surface area (Å²) in [5.41, 5.74) is 0.962. The number of alkyl halides is 3. The van der Waals surface area contributed by atoms with E-state index < -0.39 is 18.3 Å². The van der Waals surface area contributed by atoms with Crippen LogP contribution in [0, 0.1) is 6.92 Å². The standard InChI is InChI=1S/C20H16F3N5O/c1-12-25-16-4-2-3-5-17(16)28(12)19-10-24-9-18(27-19)26-14-6-7-15(20(21,22)23)13(8-14)11-29/h2-10,29H,11H2,1H3,(H,26,27). The number of rotatable bonds is 4. The van der Waals surface area contributed by atoms with Crippen LogP contribution in [-0.2, 0) is 12.8 Å². The Morgan fingerprint density at radius 1 is 1.07 bits per heavy atom. The molecule has 29 heavy (non-hydrogen) atoms. The first-order chi connectivity index (χ1) is 13.9. The Labute approximate surface area is 163 Å². The second-order valence-electron chi connectivity index (χ2n) is 6.40. The minimum absolute atomic E-state index is 0.219. The van der Waals surface area contributed by atoms with E-state index in [1.165, 1.54) is 18.3 Å². The number of benzene rings is 2. The lowest BCUT2D eigenvalue weighted by Crippen LogP contribution is -2.10. The summed E-state index contributed by atoms with van der Waals surface area (Å²) in [5, 5.41) is 12.2. The number of aliphatic hydroxyl groups is 1. The largest absolute Gasteiger partial charge is 0.416 e. The van der Waals surface area contributed by atoms with Crippen molar-refractivity contribution in [3.8, 4) is 5.82 Å². The Morgan fingerprint density at radius 2 is 1.86 bits per heavy atom. The van der Waals surface area contributed by atoms with Gasteiger partial charge in [-0.15, -0.1) is 0 Å². The molecular weight excluding hydrogens is 383 g/mol. The Kier molecular flexibility index (Phi) is 4.67. The van der Waals surface area contributed by atoms with Gasteiger partial charge in [-0.05, 0) is 42.8 Å². The molecule has 2 N–H and O–H groups in total. The van der Waals surface area contributed by atoms with Gasteiger partial charge in [0.1, 0.15) is 5.82 Å². The van der Waals surface area contributed by atoms with Crippen molar-refractivity contribution in [3.63, 3.8) is 0 Å². The second-order valence-corrected chi connectivity index (χ2v) is 6.40. The highest BCUT2D eigenvalue weighted by atomic mass is 19.4. The molecule has 0 fully saturated rings. The van der Waals surface area contributed by atoms with E-state index in [1.54, 1.807) is 6.20 Å². The lowest BCUT2D eigenvalue weighted by molar-refractivity contribution is -0.138. The summed E-state index contributed by atoms with van der Waals surface area (Å²) in [6.07, 6.45) is -1.48. The van der Waals surface area contributed by atoms with Crippen LogP contribution in [0.15, 0.2) is 54.9 Å². The topological polar surface area (TPSA) is 75.9 Å². The third-order valence-electron chi connectivity index (χ3n) is 4.43. The normalized spacial score (nSPS) is 11.8. The van der Waals surface area contributed by atoms with Crippen LogP contribution in [0.1, 0.15) is 17.0 Å². The molecule has 6 nitrogen and oxygen atoms in total. The third kappa shape index (κ3) is 3.64. The fourth-order valence-electron chi connectivity index (χ4n) is 3.19. The fraction of sp³-hybridized carbons (Fsp3) is 0.150. The number of para-hydroxylation sites is 2. The predicted molar refractivity (Wildman–Crippen MR) is 102 cm³/mol. The monoisotopic (exact) mass is 399 g/mol. The van der Waals surface area contributed by atoms with Crippen molar-refractivity contribution in [2.75, 3.05) is 5.32 Å². The molecule has 4 aromatic rings. The zero-order chi connectivity index (χ0) is 20.6. The number of aromatic nitrogens is 4. The highest BCUT2D eigenvalue weighted by molar-refractivity contribution is 5.77. The highest BCUT2D eigenvalue weighted by Gasteiger charge is 2.33. The van der Waals surface area contributed by atoms with Crippen LogP contribution in [0.5, 0.6) is 0 Å². The molecule has 0 aliphatic heterocycles. The Bertz CT molecular complexity index is 1190. The molecule has 148 valence electrons. The molecule has 0 aliphatic rings. The van der Waals surface area contributed by atoms with Crippen LogP contribution in [0.2, 0.25) is 0 Å². The molecule has 0 aliphatic carbocycles. The van der Waals surface area contributed by atoms with Gasteiger partial charge in [0.05, 0.1) is 35.6 Å². The molecular formula is C20H16F3N5O. The van der Waals surface area contributed by atoms with E-state index in [2.05, 4.69) is 20.3 Å². The minimum Gasteiger partial charge on any atom is -0.392 e. The quantitative estimate of drug-likeness (QED) is 0.533. The maximum absolute atomic E-state index is 13.0. The lowest BCUT2D eigenvalue weighted by Gasteiger charge is -2.14. The van der Waals surface area contributed by atoms with Crippen molar-refractivity contribution >= 4 is 22.5 Å². The molecule has 0 saturated carbocycles. The number of hydrogen-bond acceptors (Lipinski definition) is 5. The Balaban J connectivity index is 1.69. The van der Waals surface area contributed by atoms with Crippen molar-refractivity contribution in [1.29, 1.82) is 0 Å². The molecule has 0 spiro atoms. The molecule has 0 atom stereocenters. The Hall–Kier alpha value is -3.46. The molecule has 0 saturated heterocycles. The summed E-state index contributed by atoms with van der Waals surface area (Å²) >= 11 is 0. The van der Waals surface area contributed by atoms with Gasteiger partial charge in [-0.2, -0.15) is 13.2 Å². The number of aliphatic hydroxyl groups excluding tert-OH is 1. The molecule has 2 heterocycles. The van der Waals surface area contributed by atoms with Gasteiger partial charge in [0.15, 0.2) is 11.6 Å². The van der Waals surface area contributed by atoms with E-state index in [4.69, 9.17) is 0 Å². The van der Waals surface area contributed by atoms with E-state index in [0.29, 0.717) is 17.3 Å². The van der Waals surface area contributed by atoms with Crippen molar-refractivity contribution in [3.05, 3.63) is 71.8 Å². The molecule has 0 unspecified atom stereocenters. The predicted octanol–water partition coefficient (Wildman–Crippen LogP) is 4.38. The number of imidazole rings is 1. The molecule has 4 rings (SSSR count). The van der Waals surface area contributed by atoms with Crippen molar-refractivity contribution in [2.45, 2.75) is 19.7 Å². The molecule has 0 amide bonds. The number of aryl methyl sites for hydroxylation is 1. The smallest absolute Gasteiger partial charge is 0.392 e. The number of halogens is 3. The average molecular weight is 399 g/mol. The SMILES string of the molecule is Cc1nc2ccccc2n1-c1cncc(Nc2ccc(C(F)(F)F)c(CO)c2)n1. The van der Waals surface area contributed by atoms with Crippen LogP contribution >= 0.6 is 0 Å². The number of nitrogens with one attached hydrogen (secondary N) is 1. The Morgan fingerprint density at radius 3 is 2.62 bits per heavy atom. The maximum atomic E-state index is 13.0. The highest BCUT2D eigenvalue weighted by Crippen LogP contribution is 2.34. The van der Waals surface area contributed by atoms with E-state index in [0.717, 1.165) is 22.9 Å². The summed E-state index contributed by atoms with van der Waals surface area (Å²) < 4.78 is 40.9. The first-order valence-corrected chi connectivity index (χ1v) is 8.71. The third-order valence-corrected chi connectivity index (χ3v) is 4.43. The molecule has 9 heteroatoms. The van der Waals surface area contributed by atoms with E-state index in [9.17, 15) is 18.3 Å². The van der Waals surface area contributed by atoms with Gasteiger partial charge >= 0.3 is 6.18 Å². The van der Waals surface area contributed by atoms with Crippen molar-refractivity contribution < 1.29 is 18.3 Å². The summed E-state index contributed by atoms with van der Waals surface area (Å²) in [6, 6.07) is 11.1. The van der Waals surface area contributed by atoms with E-state index >= 15 is 0 Å². The van der Waals surface area contributed by atoms with Crippen LogP contribution in [0.25, 0.3) is 16.9 Å². The summed E-state index contributed by atoms with van der Waals surface area (Å²) in [5.74, 6) is 1.61. The van der Waals surface area contributed by atoms with Crippen molar-refractivity contribution in [2.24, 2.45) is 0 Å². The fourth-order valence-corrected chi connectivity index (χ4v) is 3.19. The number of nitrogens with zero attached hydrogens (tertiary/aromatic N) is 4. The minimum atomic E-state index is -4.53. The van der Waals surface area contributed by atoms with Gasteiger partial charge in [-0.25, -0.2) is 9.97 Å². The van der Waals surface area contributed by atoms with Gasteiger partial charge in [-0.1, -0.05) is 12.1 Å². The van der Waals surface area contributed by atoms with Gasteiger partial charge in [0.25, 0.3) is 0 Å². The zero-order valence-electron chi connectivity index (χ0n) is 15.3. The number of hydrogen-bond donors (Lipinski definition) is 2. The zero-order valence-corrected chi connectivity index (χ0v) is 15.3.